The fourth-order valence-electron chi connectivity index (χ4n) is 0.944. The molecule has 0 saturated carbocycles. The van der Waals surface area contributed by atoms with Crippen LogP contribution in [0.5, 0.6) is 0 Å². The molecule has 0 saturated heterocycles. The minimum Gasteiger partial charge on any atom is -0.481 e. The topological polar surface area (TPSA) is 164 Å². The molecule has 1 unspecified atom stereocenters. The van der Waals surface area contributed by atoms with E-state index in [1.807, 2.05) is 0 Å². The summed E-state index contributed by atoms with van der Waals surface area (Å²) in [5, 5.41) is 26.5. The summed E-state index contributed by atoms with van der Waals surface area (Å²) < 4.78 is 4.12. The summed E-state index contributed by atoms with van der Waals surface area (Å²) in [5.74, 6) is -6.01. The van der Waals surface area contributed by atoms with Gasteiger partial charge in [-0.15, -0.1) is 0 Å². The van der Waals surface area contributed by atoms with Crippen molar-refractivity contribution >= 4 is 23.9 Å². The summed E-state index contributed by atoms with van der Waals surface area (Å²) in [5.41, 5.74) is 2.26. The van der Waals surface area contributed by atoms with Crippen molar-refractivity contribution in [1.82, 2.24) is 0 Å². The molecule has 5 N–H and O–H groups in total. The maximum absolute atomic E-state index is 11.1. The number of aliphatic carboxylic acids is 2. The number of hydrogen-bond acceptors (Lipinski definition) is 7. The molecule has 0 radical (unpaired) electrons. The predicted molar refractivity (Wildman–Crippen MR) is 54.2 cm³/mol. The monoisotopic (exact) mass is 263 g/mol. The number of ether oxygens (including phenoxy) is 1. The molecule has 0 spiro atoms. The largest absolute Gasteiger partial charge is 0.481 e. The maximum atomic E-state index is 11.1. The first-order valence-electron chi connectivity index (χ1n) is 4.76. The van der Waals surface area contributed by atoms with Gasteiger partial charge in [0.05, 0.1) is 12.8 Å². The Balaban J connectivity index is 4.70. The summed E-state index contributed by atoms with van der Waals surface area (Å²) >= 11 is 0. The van der Waals surface area contributed by atoms with Gasteiger partial charge < -0.3 is 25.8 Å². The van der Waals surface area contributed by atoms with E-state index in [2.05, 4.69) is 4.74 Å². The lowest BCUT2D eigenvalue weighted by Gasteiger charge is -2.19. The first kappa shape index (κ1) is 16.0. The number of carbonyl (C=O) groups excluding carboxylic acids is 2. The van der Waals surface area contributed by atoms with E-state index < -0.39 is 48.4 Å². The van der Waals surface area contributed by atoms with Crippen LogP contribution in [0.2, 0.25) is 0 Å². The summed E-state index contributed by atoms with van der Waals surface area (Å²) in [7, 11) is 0. The highest BCUT2D eigenvalue weighted by atomic mass is 16.6. The minimum atomic E-state index is -2.83. The normalized spacial score (nSPS) is 15.3. The van der Waals surface area contributed by atoms with Crippen molar-refractivity contribution in [3.8, 4) is 0 Å². The van der Waals surface area contributed by atoms with Crippen molar-refractivity contribution in [3.05, 3.63) is 0 Å². The Morgan fingerprint density at radius 3 is 2.06 bits per heavy atom. The highest BCUT2D eigenvalue weighted by molar-refractivity contribution is 5.93. The third kappa shape index (κ3) is 4.89. The molecular weight excluding hydrogens is 250 g/mol. The third-order valence-electron chi connectivity index (χ3n) is 1.86. The summed E-state index contributed by atoms with van der Waals surface area (Å²) in [6.07, 6.45) is -2.38. The molecule has 0 aliphatic heterocycles. The molecule has 0 aliphatic carbocycles. The first-order valence-corrected chi connectivity index (χ1v) is 4.76. The molecule has 0 aliphatic rings. The molecule has 9 heteroatoms. The SMILES string of the molecule is C[C@H](N)C(=O)OC(=O)CC(O)(CC(=O)O)C(=O)O. The second-order valence-corrected chi connectivity index (χ2v) is 3.67. The molecule has 9 nitrogen and oxygen atoms in total. The fourth-order valence-corrected chi connectivity index (χ4v) is 0.944. The van der Waals surface area contributed by atoms with Gasteiger partial charge >= 0.3 is 23.9 Å². The zero-order chi connectivity index (χ0) is 14.5. The van der Waals surface area contributed by atoms with Crippen molar-refractivity contribution in [2.75, 3.05) is 0 Å². The highest BCUT2D eigenvalue weighted by Crippen LogP contribution is 2.17. The minimum absolute atomic E-state index is 1.11. The second kappa shape index (κ2) is 6.07. The Kier molecular flexibility index (Phi) is 5.40. The first-order chi connectivity index (χ1) is 8.08. The van der Waals surface area contributed by atoms with Crippen LogP contribution >= 0.6 is 0 Å². The van der Waals surface area contributed by atoms with E-state index in [0.717, 1.165) is 0 Å². The number of hydrogen-bond donors (Lipinski definition) is 4. The smallest absolute Gasteiger partial charge is 0.336 e. The number of carboxylic acids is 2. The van der Waals surface area contributed by atoms with Crippen molar-refractivity contribution < 1.29 is 39.2 Å². The zero-order valence-corrected chi connectivity index (χ0v) is 9.45. The summed E-state index contributed by atoms with van der Waals surface area (Å²) in [6, 6.07) is -1.11. The molecule has 0 amide bonds. The lowest BCUT2D eigenvalue weighted by Crippen LogP contribution is -2.44. The van der Waals surface area contributed by atoms with Crippen molar-refractivity contribution in [1.29, 1.82) is 0 Å². The molecular formula is C9H13NO8. The number of rotatable bonds is 6. The van der Waals surface area contributed by atoms with E-state index in [9.17, 15) is 24.3 Å². The van der Waals surface area contributed by atoms with E-state index in [1.54, 1.807) is 0 Å². The maximum Gasteiger partial charge on any atom is 0.336 e. The van der Waals surface area contributed by atoms with Crippen LogP contribution in [0.4, 0.5) is 0 Å². The second-order valence-electron chi connectivity index (χ2n) is 3.67. The molecule has 0 bridgehead atoms. The number of nitrogens with two attached hydrogens (primary N) is 1. The van der Waals surface area contributed by atoms with E-state index >= 15 is 0 Å². The van der Waals surface area contributed by atoms with Gasteiger partial charge in [-0.05, 0) is 6.92 Å². The molecule has 102 valence electrons. The van der Waals surface area contributed by atoms with Crippen LogP contribution in [-0.4, -0.2) is 50.8 Å². The average molecular weight is 263 g/mol. The van der Waals surface area contributed by atoms with Gasteiger partial charge in [0, 0.05) is 0 Å². The van der Waals surface area contributed by atoms with Gasteiger partial charge in [0.2, 0.25) is 0 Å². The van der Waals surface area contributed by atoms with Crippen molar-refractivity contribution in [3.63, 3.8) is 0 Å². The van der Waals surface area contributed by atoms with Crippen LogP contribution in [0.25, 0.3) is 0 Å². The van der Waals surface area contributed by atoms with Gasteiger partial charge in [0.15, 0.2) is 5.60 Å². The number of carbonyl (C=O) groups is 4. The molecule has 0 aromatic heterocycles. The standard InChI is InChI=1S/C9H13NO8/c1-4(10)7(14)18-6(13)3-9(17,8(15)16)2-5(11)12/h4,17H,2-3,10H2,1H3,(H,11,12)(H,15,16)/t4-,9?/m0/s1. The van der Waals surface area contributed by atoms with Gasteiger partial charge in [0.25, 0.3) is 0 Å². The summed E-state index contributed by atoms with van der Waals surface area (Å²) in [4.78, 5) is 43.1. The number of carboxylic acid groups (broad SMARTS) is 2. The average Bonchev–Trinajstić information content (AvgIpc) is 2.14. The third-order valence-corrected chi connectivity index (χ3v) is 1.86. The lowest BCUT2D eigenvalue weighted by atomic mass is 9.96. The fraction of sp³-hybridized carbons (Fsp3) is 0.556. The van der Waals surface area contributed by atoms with Gasteiger partial charge in [0.1, 0.15) is 6.04 Å². The zero-order valence-electron chi connectivity index (χ0n) is 9.45. The van der Waals surface area contributed by atoms with E-state index in [4.69, 9.17) is 15.9 Å². The van der Waals surface area contributed by atoms with Crippen molar-refractivity contribution in [2.24, 2.45) is 5.73 Å². The van der Waals surface area contributed by atoms with Crippen LogP contribution in [0.15, 0.2) is 0 Å². The lowest BCUT2D eigenvalue weighted by molar-refractivity contribution is -0.174. The molecule has 0 heterocycles. The Bertz CT molecular complexity index is 377. The van der Waals surface area contributed by atoms with Crippen LogP contribution < -0.4 is 5.73 Å². The Labute approximate surface area is 101 Å². The van der Waals surface area contributed by atoms with Gasteiger partial charge in [-0.1, -0.05) is 0 Å². The molecule has 0 aromatic rings. The quantitative estimate of drug-likeness (QED) is 0.316. The molecule has 0 rings (SSSR count). The van der Waals surface area contributed by atoms with Crippen LogP contribution in [-0.2, 0) is 23.9 Å². The van der Waals surface area contributed by atoms with Crippen LogP contribution in [0.3, 0.4) is 0 Å². The van der Waals surface area contributed by atoms with E-state index in [-0.39, 0.29) is 0 Å². The van der Waals surface area contributed by atoms with E-state index in [0.29, 0.717) is 0 Å². The Morgan fingerprint density at radius 2 is 1.72 bits per heavy atom. The van der Waals surface area contributed by atoms with Gasteiger partial charge in [-0.3, -0.25) is 9.59 Å². The van der Waals surface area contributed by atoms with E-state index in [1.165, 1.54) is 6.92 Å². The van der Waals surface area contributed by atoms with Crippen molar-refractivity contribution in [2.45, 2.75) is 31.4 Å². The summed E-state index contributed by atoms with van der Waals surface area (Å²) in [6.45, 7) is 1.23. The van der Waals surface area contributed by atoms with Gasteiger partial charge in [-0.25, -0.2) is 9.59 Å². The number of esters is 2. The van der Waals surface area contributed by atoms with Crippen LogP contribution in [0, 0.1) is 0 Å². The molecule has 2 atom stereocenters. The molecule has 18 heavy (non-hydrogen) atoms. The number of aliphatic hydroxyl groups is 1. The molecule has 0 fully saturated rings. The Hall–Kier alpha value is -2.00. The predicted octanol–water partition coefficient (Wildman–Crippen LogP) is -1.92. The molecule has 0 aromatic carbocycles. The van der Waals surface area contributed by atoms with Crippen LogP contribution in [0.1, 0.15) is 19.8 Å². The van der Waals surface area contributed by atoms with Gasteiger partial charge in [-0.2, -0.15) is 0 Å². The highest BCUT2D eigenvalue weighted by Gasteiger charge is 2.42. The Morgan fingerprint density at radius 1 is 1.22 bits per heavy atom.